The first kappa shape index (κ1) is 32.5. The van der Waals surface area contributed by atoms with E-state index in [1.54, 1.807) is 24.3 Å². The summed E-state index contributed by atoms with van der Waals surface area (Å²) in [5, 5.41) is 22.9. The first-order valence-corrected chi connectivity index (χ1v) is 20.4. The number of rotatable bonds is 11. The average molecular weight is 597 g/mol. The molecule has 0 aliphatic rings. The lowest BCUT2D eigenvalue weighted by molar-refractivity contribution is -0.385. The molecule has 0 aliphatic heterocycles. The molecular weight excluding hydrogens is 557 g/mol. The number of nitro groups is 2. The second kappa shape index (κ2) is 12.2. The minimum atomic E-state index is -2.07. The molecule has 0 fully saturated rings. The summed E-state index contributed by atoms with van der Waals surface area (Å²) < 4.78 is 12.8. The van der Waals surface area contributed by atoms with E-state index in [4.69, 9.17) is 8.85 Å². The fourth-order valence-corrected chi connectivity index (χ4v) is 7.08. The van der Waals surface area contributed by atoms with E-state index < -0.39 is 26.5 Å². The van der Waals surface area contributed by atoms with Crippen LogP contribution in [0.4, 0.5) is 11.4 Å². The van der Waals surface area contributed by atoms with Crippen molar-refractivity contribution in [1.82, 2.24) is 0 Å². The van der Waals surface area contributed by atoms with Gasteiger partial charge in [-0.25, -0.2) is 0 Å². The Labute approximate surface area is 236 Å². The lowest BCUT2D eigenvalue weighted by atomic mass is 10.2. The summed E-state index contributed by atoms with van der Waals surface area (Å²) in [6.07, 6.45) is 0. The van der Waals surface area contributed by atoms with E-state index in [9.17, 15) is 20.2 Å². The first-order chi connectivity index (χ1) is 17.2. The van der Waals surface area contributed by atoms with E-state index in [0.717, 1.165) is 20.9 Å². The van der Waals surface area contributed by atoms with Crippen molar-refractivity contribution < 1.29 is 18.7 Å². The van der Waals surface area contributed by atoms with E-state index in [2.05, 4.69) is 67.7 Å². The standard InChI is InChI=1S/C26H40N2O6S2Si2/c1-25(2,3)37(7,8)33-17-19-15-21(27(29)30)11-13-23(19)35-36-24-14-12-22(28(31)32)16-20(24)18-34-38(9,10)26(4,5)6/h11-16H,17-18H2,1-10H3. The van der Waals surface area contributed by atoms with E-state index >= 15 is 0 Å². The number of hydrogen-bond donors (Lipinski definition) is 0. The zero-order chi connectivity index (χ0) is 29.1. The molecule has 2 rings (SSSR count). The maximum atomic E-state index is 11.5. The van der Waals surface area contributed by atoms with Crippen molar-refractivity contribution in [2.75, 3.05) is 0 Å². The van der Waals surface area contributed by atoms with E-state index in [0.29, 0.717) is 0 Å². The Kier molecular flexibility index (Phi) is 10.4. The highest BCUT2D eigenvalue weighted by Gasteiger charge is 2.38. The van der Waals surface area contributed by atoms with Crippen molar-refractivity contribution in [2.24, 2.45) is 0 Å². The van der Waals surface area contributed by atoms with Crippen LogP contribution in [0.2, 0.25) is 36.3 Å². The molecule has 0 saturated heterocycles. The van der Waals surface area contributed by atoms with Gasteiger partial charge in [0.25, 0.3) is 11.4 Å². The highest BCUT2D eigenvalue weighted by Crippen LogP contribution is 2.44. The predicted octanol–water partition coefficient (Wildman–Crippen LogP) is 9.35. The zero-order valence-corrected chi connectivity index (χ0v) is 27.7. The van der Waals surface area contributed by atoms with Crippen LogP contribution in [-0.2, 0) is 22.1 Å². The lowest BCUT2D eigenvalue weighted by Crippen LogP contribution is -2.40. The van der Waals surface area contributed by atoms with Gasteiger partial charge in [0.1, 0.15) is 0 Å². The second-order valence-electron chi connectivity index (χ2n) is 12.4. The largest absolute Gasteiger partial charge is 0.413 e. The highest BCUT2D eigenvalue weighted by atomic mass is 33.1. The smallest absolute Gasteiger partial charge is 0.269 e. The maximum Gasteiger partial charge on any atom is 0.269 e. The van der Waals surface area contributed by atoms with Gasteiger partial charge in [0.05, 0.1) is 23.1 Å². The molecule has 0 heterocycles. The quantitative estimate of drug-likeness (QED) is 0.109. The third-order valence-corrected chi connectivity index (χ3v) is 19.0. The summed E-state index contributed by atoms with van der Waals surface area (Å²) in [5.41, 5.74) is 1.55. The Morgan fingerprint density at radius 1 is 0.684 bits per heavy atom. The van der Waals surface area contributed by atoms with Gasteiger partial charge in [0.2, 0.25) is 0 Å². The van der Waals surface area contributed by atoms with Crippen LogP contribution in [0, 0.1) is 20.2 Å². The van der Waals surface area contributed by atoms with E-state index in [1.807, 2.05) is 0 Å². The average Bonchev–Trinajstić information content (AvgIpc) is 2.78. The monoisotopic (exact) mass is 596 g/mol. The molecule has 0 spiro atoms. The van der Waals surface area contributed by atoms with E-state index in [-0.39, 0.29) is 34.7 Å². The summed E-state index contributed by atoms with van der Waals surface area (Å²) in [5.74, 6) is 0. The van der Waals surface area contributed by atoms with Crippen molar-refractivity contribution >= 4 is 49.6 Å². The van der Waals surface area contributed by atoms with Crippen molar-refractivity contribution in [2.45, 2.75) is 101 Å². The molecular formula is C26H40N2O6S2Si2. The predicted molar refractivity (Wildman–Crippen MR) is 162 cm³/mol. The molecule has 38 heavy (non-hydrogen) atoms. The van der Waals surface area contributed by atoms with Gasteiger partial charge >= 0.3 is 0 Å². The molecule has 12 heteroatoms. The molecule has 8 nitrogen and oxygen atoms in total. The molecule has 0 aromatic heterocycles. The minimum Gasteiger partial charge on any atom is -0.413 e. The molecule has 0 amide bonds. The van der Waals surface area contributed by atoms with Crippen LogP contribution in [-0.4, -0.2) is 26.5 Å². The summed E-state index contributed by atoms with van der Waals surface area (Å²) in [6.45, 7) is 22.1. The van der Waals surface area contributed by atoms with Gasteiger partial charge < -0.3 is 8.85 Å². The van der Waals surface area contributed by atoms with Crippen molar-refractivity contribution in [3.8, 4) is 0 Å². The maximum absolute atomic E-state index is 11.5. The number of non-ortho nitro benzene ring substituents is 2. The summed E-state index contributed by atoms with van der Waals surface area (Å²) in [4.78, 5) is 23.8. The molecule has 2 aromatic rings. The van der Waals surface area contributed by atoms with Crippen LogP contribution < -0.4 is 0 Å². The SMILES string of the molecule is CC(C)(C)[Si](C)(C)OCc1cc([N+](=O)[O-])ccc1SSc1ccc([N+](=O)[O-])cc1CO[Si](C)(C)C(C)(C)C. The van der Waals surface area contributed by atoms with Gasteiger partial charge in [0, 0.05) is 34.1 Å². The molecule has 0 unspecified atom stereocenters. The van der Waals surface area contributed by atoms with Crippen molar-refractivity contribution in [3.63, 3.8) is 0 Å². The van der Waals surface area contributed by atoms with Gasteiger partial charge in [-0.2, -0.15) is 0 Å². The van der Waals surface area contributed by atoms with Crippen molar-refractivity contribution in [3.05, 3.63) is 67.8 Å². The summed E-state index contributed by atoms with van der Waals surface area (Å²) in [7, 11) is -1.23. The van der Waals surface area contributed by atoms with Gasteiger partial charge in [-0.05, 0) is 59.5 Å². The second-order valence-corrected chi connectivity index (χ2v) is 24.2. The topological polar surface area (TPSA) is 105 Å². The van der Waals surface area contributed by atoms with Crippen LogP contribution in [0.3, 0.4) is 0 Å². The Morgan fingerprint density at radius 2 is 1.00 bits per heavy atom. The van der Waals surface area contributed by atoms with Gasteiger partial charge in [-0.1, -0.05) is 63.1 Å². The number of benzene rings is 2. The number of nitrogens with zero attached hydrogens (tertiary/aromatic N) is 2. The molecule has 0 N–H and O–H groups in total. The Hall–Kier alpha value is -1.71. The third-order valence-electron chi connectivity index (χ3n) is 7.52. The normalized spacial score (nSPS) is 13.0. The lowest BCUT2D eigenvalue weighted by Gasteiger charge is -2.36. The fraction of sp³-hybridized carbons (Fsp3) is 0.538. The summed E-state index contributed by atoms with van der Waals surface area (Å²) >= 11 is 0. The molecule has 0 bridgehead atoms. The van der Waals surface area contributed by atoms with Crippen LogP contribution in [0.15, 0.2) is 46.2 Å². The molecule has 2 aromatic carbocycles. The minimum absolute atomic E-state index is 0.00751. The van der Waals surface area contributed by atoms with Gasteiger partial charge in [-0.3, -0.25) is 20.2 Å². The van der Waals surface area contributed by atoms with E-state index in [1.165, 1.54) is 33.7 Å². The first-order valence-electron chi connectivity index (χ1n) is 12.4. The van der Waals surface area contributed by atoms with Crippen LogP contribution in [0.5, 0.6) is 0 Å². The van der Waals surface area contributed by atoms with Crippen LogP contribution in [0.25, 0.3) is 0 Å². The molecule has 0 radical (unpaired) electrons. The highest BCUT2D eigenvalue weighted by molar-refractivity contribution is 8.76. The Bertz CT molecular complexity index is 1090. The Balaban J connectivity index is 2.35. The van der Waals surface area contributed by atoms with Crippen LogP contribution in [0.1, 0.15) is 52.7 Å². The molecule has 0 aliphatic carbocycles. The fourth-order valence-electron chi connectivity index (χ4n) is 2.79. The molecule has 210 valence electrons. The number of nitro benzene ring substituents is 2. The van der Waals surface area contributed by atoms with Crippen LogP contribution >= 0.6 is 21.6 Å². The molecule has 0 atom stereocenters. The van der Waals surface area contributed by atoms with Gasteiger partial charge in [-0.15, -0.1) is 0 Å². The zero-order valence-electron chi connectivity index (χ0n) is 24.0. The number of hydrogen-bond acceptors (Lipinski definition) is 8. The molecule has 0 saturated carbocycles. The van der Waals surface area contributed by atoms with Gasteiger partial charge in [0.15, 0.2) is 16.6 Å². The van der Waals surface area contributed by atoms with Crippen molar-refractivity contribution in [1.29, 1.82) is 0 Å². The summed E-state index contributed by atoms with van der Waals surface area (Å²) in [6, 6.07) is 9.64. The third kappa shape index (κ3) is 8.39. The Morgan fingerprint density at radius 3 is 1.26 bits per heavy atom.